The number of para-hydroxylation sites is 1. The van der Waals surface area contributed by atoms with Gasteiger partial charge in [-0.05, 0) is 39.7 Å². The van der Waals surface area contributed by atoms with E-state index in [0.717, 1.165) is 10.1 Å². The van der Waals surface area contributed by atoms with Crippen molar-refractivity contribution in [3.8, 4) is 10.8 Å². The Morgan fingerprint density at radius 2 is 1.88 bits per heavy atom. The van der Waals surface area contributed by atoms with E-state index < -0.39 is 28.8 Å². The van der Waals surface area contributed by atoms with E-state index in [4.69, 9.17) is 19.9 Å². The molecule has 3 aromatic heterocycles. The average Bonchev–Trinajstić information content (AvgIpc) is 3.59. The van der Waals surface area contributed by atoms with Gasteiger partial charge in [-0.15, -0.1) is 4.80 Å². The van der Waals surface area contributed by atoms with E-state index in [0.29, 0.717) is 47.2 Å². The summed E-state index contributed by atoms with van der Waals surface area (Å²) in [4.78, 5) is 42.3. The number of nitrogens with zero attached hydrogens (tertiary/aromatic N) is 5. The Kier molecular flexibility index (Phi) is 7.62. The topological polar surface area (TPSA) is 145 Å². The summed E-state index contributed by atoms with van der Waals surface area (Å²) >= 11 is 1.22. The Morgan fingerprint density at radius 3 is 2.52 bits per heavy atom. The van der Waals surface area contributed by atoms with E-state index in [1.807, 2.05) is 24.3 Å². The molecule has 4 heterocycles. The van der Waals surface area contributed by atoms with Gasteiger partial charge in [0.05, 0.1) is 37.5 Å². The van der Waals surface area contributed by atoms with E-state index in [2.05, 4.69) is 10.2 Å². The predicted molar refractivity (Wildman–Crippen MR) is 149 cm³/mol. The van der Waals surface area contributed by atoms with Crippen LogP contribution in [-0.4, -0.2) is 56.5 Å². The maximum Gasteiger partial charge on any atom is 0.333 e. The Balaban J connectivity index is 1.76. The highest BCUT2D eigenvalue weighted by Crippen LogP contribution is 2.35. The molecule has 0 bridgehead atoms. The van der Waals surface area contributed by atoms with Crippen LogP contribution in [0.2, 0.25) is 0 Å². The lowest BCUT2D eigenvalue weighted by Gasteiger charge is -2.30. The van der Waals surface area contributed by atoms with Crippen molar-refractivity contribution in [1.82, 2.24) is 24.1 Å². The molecule has 1 aliphatic heterocycles. The minimum absolute atomic E-state index is 0.0497. The molecule has 212 valence electrons. The molecule has 40 heavy (non-hydrogen) atoms. The normalized spacial score (nSPS) is 15.4. The van der Waals surface area contributed by atoms with Gasteiger partial charge in [0, 0.05) is 24.3 Å². The first-order valence-corrected chi connectivity index (χ1v) is 13.8. The van der Waals surface area contributed by atoms with Crippen molar-refractivity contribution < 1.29 is 19.0 Å². The predicted octanol–water partition coefficient (Wildman–Crippen LogP) is 2.28. The van der Waals surface area contributed by atoms with Crippen molar-refractivity contribution in [2.75, 3.05) is 20.3 Å². The molecule has 1 atom stereocenters. The number of carbonyl (C=O) groups is 1. The van der Waals surface area contributed by atoms with E-state index in [9.17, 15) is 14.4 Å². The summed E-state index contributed by atoms with van der Waals surface area (Å²) in [6.45, 7) is 5.90. The number of carbonyl (C=O) groups excluding carboxylic acids is 1. The zero-order chi connectivity index (χ0) is 28.6. The van der Waals surface area contributed by atoms with Crippen molar-refractivity contribution in [2.45, 2.75) is 57.9 Å². The molecule has 1 amide bonds. The van der Waals surface area contributed by atoms with Crippen LogP contribution in [0.15, 0.2) is 46.2 Å². The lowest BCUT2D eigenvalue weighted by atomic mass is 10.0. The highest BCUT2D eigenvalue weighted by molar-refractivity contribution is 7.21. The molecule has 0 spiro atoms. The molecule has 12 nitrogen and oxygen atoms in total. The number of aromatic nitrogens is 5. The highest BCUT2D eigenvalue weighted by Gasteiger charge is 2.35. The number of primary amides is 1. The van der Waals surface area contributed by atoms with Crippen LogP contribution in [0.5, 0.6) is 5.75 Å². The van der Waals surface area contributed by atoms with Crippen LogP contribution in [0.1, 0.15) is 43.9 Å². The maximum absolute atomic E-state index is 14.2. The first kappa shape index (κ1) is 27.7. The molecule has 1 aromatic carbocycles. The summed E-state index contributed by atoms with van der Waals surface area (Å²) in [5.41, 5.74) is 4.16. The zero-order valence-electron chi connectivity index (χ0n) is 22.8. The van der Waals surface area contributed by atoms with Crippen LogP contribution < -0.4 is 21.7 Å². The van der Waals surface area contributed by atoms with Crippen molar-refractivity contribution >= 4 is 27.5 Å². The second-order valence-electron chi connectivity index (χ2n) is 10.2. The zero-order valence-corrected chi connectivity index (χ0v) is 23.6. The fraction of sp³-hybridized carbons (Fsp3) is 0.444. The lowest BCUT2D eigenvalue weighted by Crippen LogP contribution is -2.54. The molecule has 4 aromatic rings. The van der Waals surface area contributed by atoms with Crippen LogP contribution >= 0.6 is 11.3 Å². The van der Waals surface area contributed by atoms with Crippen LogP contribution in [0.3, 0.4) is 0 Å². The van der Waals surface area contributed by atoms with E-state index in [-0.39, 0.29) is 18.0 Å². The standard InChI is InChI=1S/C27H32N6O6S/c1-16-21-22(34)32(27(2,3)25(28)35)26(36)31(24(21)40-23(16)33-29-11-12-30-33)15-20(39-17-9-13-38-14-10-17)18-7-5-6-8-19(18)37-4/h5-8,11-12,17,20H,9-10,13-15H2,1-4H3,(H2,28,35). The van der Waals surface area contributed by atoms with E-state index >= 15 is 0 Å². The van der Waals surface area contributed by atoms with Crippen LogP contribution in [-0.2, 0) is 26.4 Å². The fourth-order valence-electron chi connectivity index (χ4n) is 4.97. The summed E-state index contributed by atoms with van der Waals surface area (Å²) < 4.78 is 20.2. The molecule has 1 aliphatic rings. The van der Waals surface area contributed by atoms with Gasteiger partial charge in [0.25, 0.3) is 5.56 Å². The van der Waals surface area contributed by atoms with Gasteiger partial charge in [-0.25, -0.2) is 9.36 Å². The molecule has 2 N–H and O–H groups in total. The van der Waals surface area contributed by atoms with Crippen LogP contribution in [0.4, 0.5) is 0 Å². The Bertz CT molecular complexity index is 1650. The fourth-order valence-corrected chi connectivity index (χ4v) is 6.19. The second kappa shape index (κ2) is 11.0. The summed E-state index contributed by atoms with van der Waals surface area (Å²) in [5, 5.41) is 9.32. The maximum atomic E-state index is 14.2. The van der Waals surface area contributed by atoms with Crippen LogP contribution in [0.25, 0.3) is 15.2 Å². The van der Waals surface area contributed by atoms with Crippen molar-refractivity contribution in [3.05, 3.63) is 68.6 Å². The quantitative estimate of drug-likeness (QED) is 0.324. The Morgan fingerprint density at radius 1 is 1.20 bits per heavy atom. The SMILES string of the molecule is COc1ccccc1C(Cn1c(=O)n(C(C)(C)C(N)=O)c(=O)c2c(C)c(-n3nccn3)sc21)OC1CCOCC1. The Labute approximate surface area is 233 Å². The minimum atomic E-state index is -1.59. The monoisotopic (exact) mass is 568 g/mol. The van der Waals surface area contributed by atoms with Crippen molar-refractivity contribution in [1.29, 1.82) is 0 Å². The number of hydrogen-bond acceptors (Lipinski definition) is 9. The number of amides is 1. The highest BCUT2D eigenvalue weighted by atomic mass is 32.1. The van der Waals surface area contributed by atoms with Gasteiger partial charge in [0.2, 0.25) is 5.91 Å². The summed E-state index contributed by atoms with van der Waals surface area (Å²) in [5.74, 6) is -0.197. The number of rotatable bonds is 9. The number of ether oxygens (including phenoxy) is 3. The third kappa shape index (κ3) is 4.84. The third-order valence-corrected chi connectivity index (χ3v) is 8.59. The van der Waals surface area contributed by atoms with Gasteiger partial charge in [-0.3, -0.25) is 14.2 Å². The lowest BCUT2D eigenvalue weighted by molar-refractivity contribution is -0.125. The molecule has 5 rings (SSSR count). The molecular formula is C27H32N6O6S. The smallest absolute Gasteiger partial charge is 0.333 e. The number of fused-ring (bicyclic) bond motifs is 1. The molecule has 0 aliphatic carbocycles. The second-order valence-corrected chi connectivity index (χ2v) is 11.1. The minimum Gasteiger partial charge on any atom is -0.496 e. The molecule has 1 fully saturated rings. The van der Waals surface area contributed by atoms with E-state index in [1.54, 1.807) is 14.0 Å². The number of benzene rings is 1. The number of nitrogens with two attached hydrogens (primary N) is 1. The first-order chi connectivity index (χ1) is 19.1. The van der Waals surface area contributed by atoms with E-state index in [1.165, 1.54) is 46.9 Å². The van der Waals surface area contributed by atoms with Crippen molar-refractivity contribution in [3.63, 3.8) is 0 Å². The molecule has 0 radical (unpaired) electrons. The number of thiophene rings is 1. The first-order valence-electron chi connectivity index (χ1n) is 13.0. The number of aryl methyl sites for hydroxylation is 1. The molecule has 1 saturated heterocycles. The molecule has 1 unspecified atom stereocenters. The van der Waals surface area contributed by atoms with Gasteiger partial charge in [-0.2, -0.15) is 10.2 Å². The van der Waals surface area contributed by atoms with Gasteiger partial charge >= 0.3 is 5.69 Å². The molecule has 0 saturated carbocycles. The van der Waals surface area contributed by atoms with Gasteiger partial charge in [0.1, 0.15) is 27.2 Å². The largest absolute Gasteiger partial charge is 0.496 e. The third-order valence-electron chi connectivity index (χ3n) is 7.31. The summed E-state index contributed by atoms with van der Waals surface area (Å²) in [6.07, 6.45) is 3.76. The van der Waals surface area contributed by atoms with Crippen LogP contribution in [0, 0.1) is 6.92 Å². The number of hydrogen-bond donors (Lipinski definition) is 1. The molecule has 13 heteroatoms. The van der Waals surface area contributed by atoms with Gasteiger partial charge in [0.15, 0.2) is 0 Å². The van der Waals surface area contributed by atoms with Gasteiger partial charge < -0.3 is 19.9 Å². The number of methoxy groups -OCH3 is 1. The van der Waals surface area contributed by atoms with Crippen molar-refractivity contribution in [2.24, 2.45) is 5.73 Å². The summed E-state index contributed by atoms with van der Waals surface area (Å²) in [7, 11) is 1.58. The average molecular weight is 569 g/mol. The molecular weight excluding hydrogens is 536 g/mol. The van der Waals surface area contributed by atoms with Gasteiger partial charge in [-0.1, -0.05) is 29.5 Å². The Hall–Kier alpha value is -3.81. The summed E-state index contributed by atoms with van der Waals surface area (Å²) in [6, 6.07) is 7.47.